The van der Waals surface area contributed by atoms with Crippen LogP contribution >= 0.6 is 21.6 Å². The van der Waals surface area contributed by atoms with E-state index in [9.17, 15) is 29.1 Å². The fourth-order valence-electron chi connectivity index (χ4n) is 7.35. The summed E-state index contributed by atoms with van der Waals surface area (Å²) in [6.45, 7) is 2.69. The lowest BCUT2D eigenvalue weighted by molar-refractivity contribution is -0.151. The van der Waals surface area contributed by atoms with Gasteiger partial charge < -0.3 is 35.2 Å². The summed E-state index contributed by atoms with van der Waals surface area (Å²) >= 11 is 1.25. The Morgan fingerprint density at radius 1 is 0.983 bits per heavy atom. The van der Waals surface area contributed by atoms with E-state index in [1.807, 2.05) is 91.0 Å². The van der Waals surface area contributed by atoms with Crippen molar-refractivity contribution in [2.45, 2.75) is 43.6 Å². The summed E-state index contributed by atoms with van der Waals surface area (Å²) in [7, 11) is -2.68. The molecule has 2 aliphatic heterocycles. The molecule has 1 aromatic heterocycles. The van der Waals surface area contributed by atoms with Gasteiger partial charge in [0.15, 0.2) is 10.8 Å². The van der Waals surface area contributed by atoms with Gasteiger partial charge in [0.25, 0.3) is 11.8 Å². The van der Waals surface area contributed by atoms with Crippen LogP contribution in [0.25, 0.3) is 0 Å². The standard InChI is InChI=1S/C41H42N6O9S2/c1-3-58(56-25(2)48)24-27(22-54-39(42)53)34(38(51)52)47-36(50)33(37(47)58)44-35(49)32(46-55-21-26-19-20-26)31-23-57-40(43-31)45-41(28-13-7-4-8-14-28,29-15-9-5-10-16-29)30-17-11-6-12-18-30/h4-18,23,26,33,37H,3,19-22,24H2,1-2H3,(H2,42,53)(H,43,45)(H,44,49)(H,51,52)/t33-,37-/m1/s1. The molecule has 302 valence electrons. The number of carbonyl (C=O) groups is 5. The Balaban J connectivity index is 1.24. The molecule has 17 heteroatoms. The number of fused-ring (bicyclic) bond motifs is 1. The number of anilines is 1. The number of hydrogen-bond acceptors (Lipinski definition) is 12. The molecule has 3 atom stereocenters. The van der Waals surface area contributed by atoms with Crippen molar-refractivity contribution in [3.8, 4) is 0 Å². The van der Waals surface area contributed by atoms with Gasteiger partial charge in [0.1, 0.15) is 41.6 Å². The zero-order valence-corrected chi connectivity index (χ0v) is 33.3. The van der Waals surface area contributed by atoms with Crippen LogP contribution in [0.4, 0.5) is 9.93 Å². The first-order valence-corrected chi connectivity index (χ1v) is 21.4. The van der Waals surface area contributed by atoms with Crippen LogP contribution in [-0.4, -0.2) is 86.7 Å². The first kappa shape index (κ1) is 40.0. The van der Waals surface area contributed by atoms with E-state index >= 15 is 0 Å². The van der Waals surface area contributed by atoms with Gasteiger partial charge in [-0.3, -0.25) is 19.3 Å². The maximum absolute atomic E-state index is 14.3. The Kier molecular flexibility index (Phi) is 11.5. The lowest BCUT2D eigenvalue weighted by Gasteiger charge is -2.60. The Bertz CT molecular complexity index is 2170. The number of carboxylic acid groups (broad SMARTS) is 1. The van der Waals surface area contributed by atoms with E-state index in [-0.39, 0.29) is 35.1 Å². The van der Waals surface area contributed by atoms with Crippen molar-refractivity contribution in [3.63, 3.8) is 0 Å². The number of oxime groups is 1. The number of amides is 3. The van der Waals surface area contributed by atoms with E-state index in [4.69, 9.17) is 24.5 Å². The van der Waals surface area contributed by atoms with Gasteiger partial charge in [-0.1, -0.05) is 113 Å². The number of ether oxygens (including phenoxy) is 1. The first-order chi connectivity index (χ1) is 28.0. The number of β-lactam (4-membered cyclic amide) rings is 1. The van der Waals surface area contributed by atoms with Gasteiger partial charge in [0.05, 0.1) is 0 Å². The van der Waals surface area contributed by atoms with Crippen LogP contribution in [0.3, 0.4) is 0 Å². The van der Waals surface area contributed by atoms with Crippen LogP contribution < -0.4 is 16.4 Å². The van der Waals surface area contributed by atoms with Crippen molar-refractivity contribution >= 4 is 62.3 Å². The average molecular weight is 827 g/mol. The number of carbonyl (C=O) groups excluding carboxylic acids is 4. The van der Waals surface area contributed by atoms with Gasteiger partial charge in [-0.15, -0.1) is 11.3 Å². The number of hydrogen-bond donors (Lipinski definition) is 4. The molecule has 1 saturated carbocycles. The van der Waals surface area contributed by atoms with Crippen molar-refractivity contribution in [3.05, 3.63) is 130 Å². The van der Waals surface area contributed by atoms with Crippen molar-refractivity contribution in [2.24, 2.45) is 16.8 Å². The van der Waals surface area contributed by atoms with Crippen LogP contribution in [0.5, 0.6) is 0 Å². The Hall–Kier alpha value is -6.20. The third kappa shape index (κ3) is 7.86. The second-order valence-corrected chi connectivity index (χ2v) is 18.1. The quantitative estimate of drug-likeness (QED) is 0.0506. The number of aromatic nitrogens is 1. The van der Waals surface area contributed by atoms with Gasteiger partial charge in [-0.05, 0) is 35.4 Å². The number of nitrogens with two attached hydrogens (primary N) is 1. The lowest BCUT2D eigenvalue weighted by atomic mass is 9.77. The molecule has 0 bridgehead atoms. The second kappa shape index (κ2) is 16.7. The maximum atomic E-state index is 14.3. The third-order valence-electron chi connectivity index (χ3n) is 10.2. The molecule has 58 heavy (non-hydrogen) atoms. The molecule has 5 N–H and O–H groups in total. The molecule has 0 radical (unpaired) electrons. The second-order valence-electron chi connectivity index (χ2n) is 14.0. The van der Waals surface area contributed by atoms with Crippen LogP contribution in [0.15, 0.2) is 113 Å². The SMILES string of the molecule is CCS1(OC(C)=O)CC(COC(N)=O)=C(C(=O)O)N2C(=O)[C@@H](NC(=O)C(=NOCC3CC3)c3csc(NC(c4ccccc4)(c4ccccc4)c4ccccc4)n3)[C@H]21. The monoisotopic (exact) mass is 826 g/mol. The predicted octanol–water partition coefficient (Wildman–Crippen LogP) is 5.08. The number of aliphatic carboxylic acids is 1. The summed E-state index contributed by atoms with van der Waals surface area (Å²) in [5, 5.41) is 22.0. The molecule has 15 nitrogen and oxygen atoms in total. The van der Waals surface area contributed by atoms with Crippen LogP contribution in [0, 0.1) is 5.92 Å². The van der Waals surface area contributed by atoms with E-state index < -0.39 is 69.4 Å². The highest BCUT2D eigenvalue weighted by Crippen LogP contribution is 2.63. The number of nitrogens with one attached hydrogen (secondary N) is 2. The molecular weight excluding hydrogens is 785 g/mol. The summed E-state index contributed by atoms with van der Waals surface area (Å²) in [6.07, 6.45) is 0.798. The van der Waals surface area contributed by atoms with Crippen molar-refractivity contribution in [1.82, 2.24) is 15.2 Å². The van der Waals surface area contributed by atoms with Crippen LogP contribution in [0.1, 0.15) is 49.1 Å². The highest BCUT2D eigenvalue weighted by Gasteiger charge is 2.63. The molecule has 3 heterocycles. The highest BCUT2D eigenvalue weighted by molar-refractivity contribution is 8.30. The van der Waals surface area contributed by atoms with Gasteiger partial charge in [0, 0.05) is 29.4 Å². The molecule has 1 unspecified atom stereocenters. The smallest absolute Gasteiger partial charge is 0.404 e. The molecule has 4 aromatic rings. The van der Waals surface area contributed by atoms with Crippen LogP contribution in [-0.2, 0) is 38.5 Å². The fraction of sp³-hybridized carbons (Fsp3) is 0.293. The van der Waals surface area contributed by atoms with Gasteiger partial charge >= 0.3 is 18.0 Å². The zero-order valence-electron chi connectivity index (χ0n) is 31.7. The fourth-order valence-corrected chi connectivity index (χ4v) is 11.6. The van der Waals surface area contributed by atoms with E-state index in [1.165, 1.54) is 18.3 Å². The molecular formula is C41H42N6O9S2. The van der Waals surface area contributed by atoms with Crippen molar-refractivity contribution in [2.75, 3.05) is 30.0 Å². The Labute approximate surface area is 339 Å². The van der Waals surface area contributed by atoms with E-state index in [0.29, 0.717) is 11.0 Å². The minimum Gasteiger partial charge on any atom is -0.477 e. The highest BCUT2D eigenvalue weighted by atomic mass is 32.3. The normalized spacial score (nSPS) is 21.4. The zero-order chi connectivity index (χ0) is 41.0. The Morgan fingerprint density at radius 2 is 1.57 bits per heavy atom. The molecule has 3 aromatic carbocycles. The van der Waals surface area contributed by atoms with Gasteiger partial charge in [0.2, 0.25) is 0 Å². The van der Waals surface area contributed by atoms with E-state index in [0.717, 1.165) is 34.4 Å². The van der Waals surface area contributed by atoms with Crippen molar-refractivity contribution in [1.29, 1.82) is 0 Å². The minimum absolute atomic E-state index is 0.0505. The van der Waals surface area contributed by atoms with Gasteiger partial charge in [-0.2, -0.15) is 0 Å². The first-order valence-electron chi connectivity index (χ1n) is 18.6. The number of thiazole rings is 1. The number of nitrogens with zero attached hydrogens (tertiary/aromatic N) is 3. The number of carboxylic acids is 1. The number of rotatable bonds is 16. The largest absolute Gasteiger partial charge is 0.477 e. The summed E-state index contributed by atoms with van der Waals surface area (Å²) in [6, 6.07) is 28.5. The van der Waals surface area contributed by atoms with Gasteiger partial charge in [-0.25, -0.2) is 14.6 Å². The van der Waals surface area contributed by atoms with E-state index in [1.54, 1.807) is 12.3 Å². The minimum atomic E-state index is -2.68. The molecule has 0 spiro atoms. The maximum Gasteiger partial charge on any atom is 0.404 e. The number of primary amides is 1. The number of benzene rings is 3. The molecule has 3 amide bonds. The average Bonchev–Trinajstić information content (AvgIpc) is 3.94. The summed E-state index contributed by atoms with van der Waals surface area (Å²) < 4.78 is 10.8. The Morgan fingerprint density at radius 3 is 2.07 bits per heavy atom. The molecule has 1 aliphatic carbocycles. The van der Waals surface area contributed by atoms with Crippen LogP contribution in [0.2, 0.25) is 0 Å². The molecule has 3 aliphatic rings. The third-order valence-corrected chi connectivity index (χ3v) is 14.7. The van der Waals surface area contributed by atoms with E-state index in [2.05, 4.69) is 15.8 Å². The predicted molar refractivity (Wildman–Crippen MR) is 218 cm³/mol. The topological polar surface area (TPSA) is 212 Å². The molecule has 7 rings (SSSR count). The lowest BCUT2D eigenvalue weighted by Crippen LogP contribution is -2.74. The van der Waals surface area contributed by atoms with Crippen molar-refractivity contribution < 1.29 is 42.8 Å². The summed E-state index contributed by atoms with van der Waals surface area (Å²) in [4.78, 5) is 76.4. The summed E-state index contributed by atoms with van der Waals surface area (Å²) in [5.41, 5.74) is 6.67. The summed E-state index contributed by atoms with van der Waals surface area (Å²) in [5.74, 6) is -3.32. The molecule has 2 fully saturated rings. The molecule has 1 saturated heterocycles.